The number of hydrogen-bond donors (Lipinski definition) is 1. The maximum Gasteiger partial charge on any atom is 0.235 e. The van der Waals surface area contributed by atoms with E-state index in [0.29, 0.717) is 23.9 Å². The van der Waals surface area contributed by atoms with Gasteiger partial charge in [0, 0.05) is 18.7 Å². The highest BCUT2D eigenvalue weighted by atomic mass is 32.2. The first-order valence-corrected chi connectivity index (χ1v) is 12.8. The van der Waals surface area contributed by atoms with Crippen molar-refractivity contribution in [2.24, 2.45) is 0 Å². The minimum Gasteiger partial charge on any atom is -0.441 e. The molecular formula is C25H31N3O4S. The second-order valence-electron chi connectivity index (χ2n) is 8.35. The van der Waals surface area contributed by atoms with Crippen LogP contribution in [-0.2, 0) is 26.9 Å². The van der Waals surface area contributed by atoms with Crippen LogP contribution < -0.4 is 5.32 Å². The molecule has 0 saturated carbocycles. The van der Waals surface area contributed by atoms with Crippen LogP contribution in [0.25, 0.3) is 11.5 Å². The van der Waals surface area contributed by atoms with Gasteiger partial charge in [-0.3, -0.25) is 4.79 Å². The summed E-state index contributed by atoms with van der Waals surface area (Å²) < 4.78 is 30.7. The summed E-state index contributed by atoms with van der Waals surface area (Å²) in [6.07, 6.45) is 0.734. The molecule has 33 heavy (non-hydrogen) atoms. The molecule has 8 heteroatoms. The van der Waals surface area contributed by atoms with Crippen LogP contribution in [0.2, 0.25) is 0 Å². The fourth-order valence-electron chi connectivity index (χ4n) is 3.44. The third kappa shape index (κ3) is 7.83. The van der Waals surface area contributed by atoms with E-state index in [1.54, 1.807) is 6.92 Å². The maximum absolute atomic E-state index is 12.5. The molecule has 3 aromatic rings. The second kappa shape index (κ2) is 11.2. The zero-order chi connectivity index (χ0) is 23.8. The molecule has 3 rings (SSSR count). The average molecular weight is 470 g/mol. The number of carbonyl (C=O) groups excluding carboxylic acids is 1. The molecule has 0 saturated heterocycles. The zero-order valence-electron chi connectivity index (χ0n) is 19.4. The van der Waals surface area contributed by atoms with Crippen molar-refractivity contribution < 1.29 is 17.6 Å². The molecular weight excluding hydrogens is 438 g/mol. The number of benzene rings is 2. The summed E-state index contributed by atoms with van der Waals surface area (Å²) in [5, 5.41) is 2.71. The van der Waals surface area contributed by atoms with Crippen molar-refractivity contribution >= 4 is 15.7 Å². The zero-order valence-corrected chi connectivity index (χ0v) is 20.2. The number of oxazole rings is 1. The van der Waals surface area contributed by atoms with Gasteiger partial charge in [0.15, 0.2) is 9.84 Å². The van der Waals surface area contributed by atoms with Crippen LogP contribution in [-0.4, -0.2) is 50.1 Å². The third-order valence-electron chi connectivity index (χ3n) is 5.23. The van der Waals surface area contributed by atoms with Gasteiger partial charge in [0.2, 0.25) is 11.8 Å². The predicted molar refractivity (Wildman–Crippen MR) is 129 cm³/mol. The van der Waals surface area contributed by atoms with Crippen LogP contribution >= 0.6 is 0 Å². The molecule has 1 N–H and O–H groups in total. The lowest BCUT2D eigenvalue weighted by Gasteiger charge is -2.16. The number of sulfone groups is 1. The summed E-state index contributed by atoms with van der Waals surface area (Å²) in [6.45, 7) is 5.71. The Balaban J connectivity index is 1.44. The summed E-state index contributed by atoms with van der Waals surface area (Å²) in [6, 6.07) is 17.8. The molecule has 0 aliphatic carbocycles. The number of nitrogens with zero attached hydrogens (tertiary/aromatic N) is 2. The summed E-state index contributed by atoms with van der Waals surface area (Å²) in [7, 11) is -1.65. The molecule has 176 valence electrons. The molecule has 0 fully saturated rings. The lowest BCUT2D eigenvalue weighted by atomic mass is 10.1. The van der Waals surface area contributed by atoms with Gasteiger partial charge in [-0.05, 0) is 51.6 Å². The largest absolute Gasteiger partial charge is 0.441 e. The number of rotatable bonds is 11. The fourth-order valence-corrected chi connectivity index (χ4v) is 4.73. The van der Waals surface area contributed by atoms with Crippen molar-refractivity contribution in [3.05, 3.63) is 77.2 Å². The van der Waals surface area contributed by atoms with Gasteiger partial charge in [-0.2, -0.15) is 0 Å². The van der Waals surface area contributed by atoms with Crippen molar-refractivity contribution in [2.75, 3.05) is 25.9 Å². The van der Waals surface area contributed by atoms with Gasteiger partial charge in [0.1, 0.15) is 11.5 Å². The number of carbonyl (C=O) groups is 1. The lowest BCUT2D eigenvalue weighted by molar-refractivity contribution is -0.118. The van der Waals surface area contributed by atoms with E-state index in [-0.39, 0.29) is 5.75 Å². The highest BCUT2D eigenvalue weighted by molar-refractivity contribution is 7.91. The molecule has 1 aromatic heterocycles. The van der Waals surface area contributed by atoms with Crippen molar-refractivity contribution in [1.82, 2.24) is 15.2 Å². The summed E-state index contributed by atoms with van der Waals surface area (Å²) in [5.74, 6) is -0.584. The quantitative estimate of drug-likeness (QED) is 0.432. The standard InChI is InChI=1S/C25H31N3O4S/c1-19-10-12-22(13-11-19)25-27-23(20(2)32-25)17-33(30,31)18-24(29)26-14-7-15-28(3)16-21-8-5-4-6-9-21/h4-6,8-13H,7,14-18H2,1-3H3,(H,26,29). The molecule has 1 heterocycles. The Labute approximate surface area is 195 Å². The smallest absolute Gasteiger partial charge is 0.235 e. The van der Waals surface area contributed by atoms with E-state index in [4.69, 9.17) is 4.42 Å². The number of aryl methyl sites for hydroxylation is 2. The Kier molecular flexibility index (Phi) is 8.41. The van der Waals surface area contributed by atoms with Crippen LogP contribution in [0.5, 0.6) is 0 Å². The molecule has 0 spiro atoms. The first kappa shape index (κ1) is 24.7. The minimum absolute atomic E-state index is 0.332. The van der Waals surface area contributed by atoms with Gasteiger partial charge in [-0.1, -0.05) is 48.0 Å². The molecule has 0 radical (unpaired) electrons. The lowest BCUT2D eigenvalue weighted by Crippen LogP contribution is -2.33. The van der Waals surface area contributed by atoms with Gasteiger partial charge in [-0.15, -0.1) is 0 Å². The van der Waals surface area contributed by atoms with Crippen LogP contribution in [0.4, 0.5) is 0 Å². The number of nitrogens with one attached hydrogen (secondary N) is 1. The Morgan fingerprint density at radius 3 is 2.45 bits per heavy atom. The SMILES string of the molecule is Cc1ccc(-c2nc(CS(=O)(=O)CC(=O)NCCCN(C)Cc3ccccc3)c(C)o2)cc1. The van der Waals surface area contributed by atoms with Crippen LogP contribution in [0.3, 0.4) is 0 Å². The predicted octanol–water partition coefficient (Wildman–Crippen LogP) is 3.51. The minimum atomic E-state index is -3.67. The van der Waals surface area contributed by atoms with E-state index < -0.39 is 21.5 Å². The second-order valence-corrected chi connectivity index (χ2v) is 10.4. The number of hydrogen-bond acceptors (Lipinski definition) is 6. The van der Waals surface area contributed by atoms with E-state index in [1.165, 1.54) is 5.56 Å². The summed E-state index contributed by atoms with van der Waals surface area (Å²) in [4.78, 5) is 18.7. The first-order chi connectivity index (χ1) is 15.7. The summed E-state index contributed by atoms with van der Waals surface area (Å²) >= 11 is 0. The molecule has 0 aliphatic heterocycles. The monoisotopic (exact) mass is 469 g/mol. The van der Waals surface area contributed by atoms with Gasteiger partial charge in [0.25, 0.3) is 0 Å². The Morgan fingerprint density at radius 1 is 1.06 bits per heavy atom. The molecule has 0 atom stereocenters. The maximum atomic E-state index is 12.5. The van der Waals surface area contributed by atoms with E-state index in [2.05, 4.69) is 27.3 Å². The van der Waals surface area contributed by atoms with Crippen LogP contribution in [0, 0.1) is 13.8 Å². The fraction of sp³-hybridized carbons (Fsp3) is 0.360. The summed E-state index contributed by atoms with van der Waals surface area (Å²) in [5.41, 5.74) is 3.45. The van der Waals surface area contributed by atoms with E-state index in [1.807, 2.05) is 56.4 Å². The van der Waals surface area contributed by atoms with E-state index in [0.717, 1.165) is 30.6 Å². The van der Waals surface area contributed by atoms with E-state index in [9.17, 15) is 13.2 Å². The molecule has 0 aliphatic rings. The highest BCUT2D eigenvalue weighted by Crippen LogP contribution is 2.23. The van der Waals surface area contributed by atoms with Gasteiger partial charge < -0.3 is 14.6 Å². The van der Waals surface area contributed by atoms with Crippen molar-refractivity contribution in [1.29, 1.82) is 0 Å². The Morgan fingerprint density at radius 2 is 1.76 bits per heavy atom. The number of amides is 1. The highest BCUT2D eigenvalue weighted by Gasteiger charge is 2.22. The molecule has 1 amide bonds. The van der Waals surface area contributed by atoms with Gasteiger partial charge in [0.05, 0.1) is 11.4 Å². The molecule has 0 bridgehead atoms. The molecule has 0 unspecified atom stereocenters. The average Bonchev–Trinajstić information content (AvgIpc) is 3.11. The van der Waals surface area contributed by atoms with Gasteiger partial charge >= 0.3 is 0 Å². The van der Waals surface area contributed by atoms with Crippen LogP contribution in [0.15, 0.2) is 59.0 Å². The molecule has 7 nitrogen and oxygen atoms in total. The normalized spacial score (nSPS) is 11.6. The topological polar surface area (TPSA) is 92.5 Å². The Bertz CT molecular complexity index is 1160. The van der Waals surface area contributed by atoms with Crippen LogP contribution in [0.1, 0.15) is 29.0 Å². The van der Waals surface area contributed by atoms with E-state index >= 15 is 0 Å². The van der Waals surface area contributed by atoms with Crippen molar-refractivity contribution in [3.8, 4) is 11.5 Å². The first-order valence-electron chi connectivity index (χ1n) is 10.9. The Hall–Kier alpha value is -2.97. The third-order valence-corrected chi connectivity index (χ3v) is 6.65. The number of aromatic nitrogens is 1. The molecule has 2 aromatic carbocycles. The van der Waals surface area contributed by atoms with Gasteiger partial charge in [-0.25, -0.2) is 13.4 Å². The van der Waals surface area contributed by atoms with Crippen molar-refractivity contribution in [2.45, 2.75) is 32.6 Å². The van der Waals surface area contributed by atoms with Crippen molar-refractivity contribution in [3.63, 3.8) is 0 Å².